The molecule has 18 heavy (non-hydrogen) atoms. The Labute approximate surface area is 113 Å². The summed E-state index contributed by atoms with van der Waals surface area (Å²) < 4.78 is 0. The van der Waals surface area contributed by atoms with Gasteiger partial charge in [0.2, 0.25) is 5.91 Å². The molecule has 0 radical (unpaired) electrons. The molecule has 0 rings (SSSR count). The Kier molecular flexibility index (Phi) is 8.20. The molecule has 0 aliphatic carbocycles. The standard InChI is InChI=1S/C14H31N3O/c1-7-8-9-15-13(18)12(2)16-10-14(3,4)11-17(5)6/h12,16H,7-11H2,1-6H3,(H,15,18). The zero-order valence-electron chi connectivity index (χ0n) is 13.0. The van der Waals surface area contributed by atoms with E-state index >= 15 is 0 Å². The largest absolute Gasteiger partial charge is 0.355 e. The van der Waals surface area contributed by atoms with Crippen LogP contribution in [-0.2, 0) is 4.79 Å². The monoisotopic (exact) mass is 257 g/mol. The lowest BCUT2D eigenvalue weighted by Gasteiger charge is -2.29. The van der Waals surface area contributed by atoms with E-state index in [4.69, 9.17) is 0 Å². The number of nitrogens with one attached hydrogen (secondary N) is 2. The SMILES string of the molecule is CCCCNC(=O)C(C)NCC(C)(C)CN(C)C. The highest BCUT2D eigenvalue weighted by Gasteiger charge is 2.21. The van der Waals surface area contributed by atoms with E-state index in [2.05, 4.69) is 50.4 Å². The van der Waals surface area contributed by atoms with Crippen molar-refractivity contribution >= 4 is 5.91 Å². The lowest BCUT2D eigenvalue weighted by atomic mass is 9.92. The third kappa shape index (κ3) is 8.48. The van der Waals surface area contributed by atoms with Crippen molar-refractivity contribution in [1.82, 2.24) is 15.5 Å². The van der Waals surface area contributed by atoms with Crippen LogP contribution in [0.2, 0.25) is 0 Å². The summed E-state index contributed by atoms with van der Waals surface area (Å²) in [5, 5.41) is 6.26. The highest BCUT2D eigenvalue weighted by atomic mass is 16.2. The predicted octanol–water partition coefficient (Wildman–Crippen LogP) is 1.47. The lowest BCUT2D eigenvalue weighted by Crippen LogP contribution is -2.47. The van der Waals surface area contributed by atoms with Crippen molar-refractivity contribution in [3.8, 4) is 0 Å². The van der Waals surface area contributed by atoms with E-state index in [1.54, 1.807) is 0 Å². The van der Waals surface area contributed by atoms with Gasteiger partial charge in [-0.05, 0) is 32.9 Å². The minimum absolute atomic E-state index is 0.101. The molecule has 2 N–H and O–H groups in total. The van der Waals surface area contributed by atoms with Gasteiger partial charge in [-0.3, -0.25) is 4.79 Å². The summed E-state index contributed by atoms with van der Waals surface area (Å²) >= 11 is 0. The summed E-state index contributed by atoms with van der Waals surface area (Å²) in [6.45, 7) is 11.1. The maximum absolute atomic E-state index is 11.8. The van der Waals surface area contributed by atoms with Crippen LogP contribution in [0.15, 0.2) is 0 Å². The van der Waals surface area contributed by atoms with Crippen molar-refractivity contribution in [2.75, 3.05) is 33.7 Å². The Morgan fingerprint density at radius 3 is 2.44 bits per heavy atom. The molecule has 0 aliphatic rings. The second-order valence-electron chi connectivity index (χ2n) is 6.15. The third-order valence-electron chi connectivity index (χ3n) is 2.85. The van der Waals surface area contributed by atoms with E-state index in [-0.39, 0.29) is 17.4 Å². The molecule has 108 valence electrons. The first-order valence-electron chi connectivity index (χ1n) is 6.94. The van der Waals surface area contributed by atoms with E-state index in [0.717, 1.165) is 32.5 Å². The van der Waals surface area contributed by atoms with Crippen molar-refractivity contribution in [3.05, 3.63) is 0 Å². The number of rotatable bonds is 9. The quantitative estimate of drug-likeness (QED) is 0.615. The molecule has 4 nitrogen and oxygen atoms in total. The Bertz CT molecular complexity index is 239. The molecule has 0 spiro atoms. The van der Waals surface area contributed by atoms with Gasteiger partial charge in [-0.1, -0.05) is 27.2 Å². The molecule has 0 saturated carbocycles. The van der Waals surface area contributed by atoms with E-state index < -0.39 is 0 Å². The Morgan fingerprint density at radius 2 is 1.94 bits per heavy atom. The highest BCUT2D eigenvalue weighted by Crippen LogP contribution is 2.14. The number of carbonyl (C=O) groups is 1. The molecule has 1 unspecified atom stereocenters. The molecule has 0 aromatic carbocycles. The first-order valence-corrected chi connectivity index (χ1v) is 6.94. The van der Waals surface area contributed by atoms with E-state index in [1.807, 2.05) is 6.92 Å². The van der Waals surface area contributed by atoms with E-state index in [9.17, 15) is 4.79 Å². The normalized spacial score (nSPS) is 13.7. The van der Waals surface area contributed by atoms with Crippen LogP contribution in [0.4, 0.5) is 0 Å². The molecular weight excluding hydrogens is 226 g/mol. The van der Waals surface area contributed by atoms with Gasteiger partial charge < -0.3 is 15.5 Å². The van der Waals surface area contributed by atoms with Gasteiger partial charge >= 0.3 is 0 Å². The van der Waals surface area contributed by atoms with Crippen molar-refractivity contribution in [1.29, 1.82) is 0 Å². The fourth-order valence-corrected chi connectivity index (χ4v) is 1.98. The van der Waals surface area contributed by atoms with E-state index in [0.29, 0.717) is 0 Å². The molecule has 0 aromatic heterocycles. The molecule has 0 bridgehead atoms. The fraction of sp³-hybridized carbons (Fsp3) is 0.929. The van der Waals surface area contributed by atoms with Crippen molar-refractivity contribution < 1.29 is 4.79 Å². The fourth-order valence-electron chi connectivity index (χ4n) is 1.98. The van der Waals surface area contributed by atoms with Crippen molar-refractivity contribution in [2.24, 2.45) is 5.41 Å². The molecule has 0 aromatic rings. The molecule has 1 atom stereocenters. The molecule has 0 heterocycles. The predicted molar refractivity (Wildman–Crippen MR) is 77.7 cm³/mol. The number of unbranched alkanes of at least 4 members (excludes halogenated alkanes) is 1. The average molecular weight is 257 g/mol. The number of hydrogen-bond donors (Lipinski definition) is 2. The summed E-state index contributed by atoms with van der Waals surface area (Å²) in [6.07, 6.45) is 2.16. The van der Waals surface area contributed by atoms with Crippen LogP contribution >= 0.6 is 0 Å². The lowest BCUT2D eigenvalue weighted by molar-refractivity contribution is -0.122. The van der Waals surface area contributed by atoms with Crippen LogP contribution in [0.25, 0.3) is 0 Å². The van der Waals surface area contributed by atoms with Crippen LogP contribution in [0.1, 0.15) is 40.5 Å². The molecule has 1 amide bonds. The second-order valence-corrected chi connectivity index (χ2v) is 6.15. The third-order valence-corrected chi connectivity index (χ3v) is 2.85. The van der Waals surface area contributed by atoms with Crippen LogP contribution in [0.5, 0.6) is 0 Å². The number of carbonyl (C=O) groups excluding carboxylic acids is 1. The zero-order valence-corrected chi connectivity index (χ0v) is 13.0. The van der Waals surface area contributed by atoms with Crippen LogP contribution < -0.4 is 10.6 Å². The smallest absolute Gasteiger partial charge is 0.236 e. The van der Waals surface area contributed by atoms with Gasteiger partial charge in [0.05, 0.1) is 6.04 Å². The summed E-state index contributed by atoms with van der Waals surface area (Å²) in [5.74, 6) is 0.101. The topological polar surface area (TPSA) is 44.4 Å². The van der Waals surface area contributed by atoms with Crippen molar-refractivity contribution in [3.63, 3.8) is 0 Å². The van der Waals surface area contributed by atoms with Crippen LogP contribution in [0, 0.1) is 5.41 Å². The zero-order chi connectivity index (χ0) is 14.2. The van der Waals surface area contributed by atoms with Gasteiger partial charge in [-0.25, -0.2) is 0 Å². The highest BCUT2D eigenvalue weighted by molar-refractivity contribution is 5.81. The minimum Gasteiger partial charge on any atom is -0.355 e. The van der Waals surface area contributed by atoms with Gasteiger partial charge in [0.15, 0.2) is 0 Å². The summed E-state index contributed by atoms with van der Waals surface area (Å²) in [5.41, 5.74) is 0.168. The van der Waals surface area contributed by atoms with Gasteiger partial charge in [0, 0.05) is 19.6 Å². The van der Waals surface area contributed by atoms with E-state index in [1.165, 1.54) is 0 Å². The van der Waals surface area contributed by atoms with Gasteiger partial charge in [-0.2, -0.15) is 0 Å². The first kappa shape index (κ1) is 17.4. The molecule has 0 saturated heterocycles. The number of amides is 1. The van der Waals surface area contributed by atoms with Gasteiger partial charge in [0.25, 0.3) is 0 Å². The Morgan fingerprint density at radius 1 is 1.33 bits per heavy atom. The minimum atomic E-state index is -0.122. The van der Waals surface area contributed by atoms with Crippen LogP contribution in [0.3, 0.4) is 0 Å². The van der Waals surface area contributed by atoms with Gasteiger partial charge in [0.1, 0.15) is 0 Å². The first-order chi connectivity index (χ1) is 8.28. The van der Waals surface area contributed by atoms with Crippen molar-refractivity contribution in [2.45, 2.75) is 46.6 Å². The molecule has 4 heteroatoms. The molecular formula is C14H31N3O. The molecule has 0 aliphatic heterocycles. The second kappa shape index (κ2) is 8.48. The number of hydrogen-bond acceptors (Lipinski definition) is 3. The average Bonchev–Trinajstić information content (AvgIpc) is 2.24. The summed E-state index contributed by atoms with van der Waals surface area (Å²) in [7, 11) is 4.14. The summed E-state index contributed by atoms with van der Waals surface area (Å²) in [4.78, 5) is 13.9. The van der Waals surface area contributed by atoms with Gasteiger partial charge in [-0.15, -0.1) is 0 Å². The molecule has 0 fully saturated rings. The Balaban J connectivity index is 3.93. The van der Waals surface area contributed by atoms with Crippen LogP contribution in [-0.4, -0.2) is 50.6 Å². The maximum Gasteiger partial charge on any atom is 0.236 e. The number of nitrogens with zero attached hydrogens (tertiary/aromatic N) is 1. The summed E-state index contributed by atoms with van der Waals surface area (Å²) in [6, 6.07) is -0.122. The maximum atomic E-state index is 11.8. The Hall–Kier alpha value is -0.610.